The Hall–Kier alpha value is -0.0800. The Morgan fingerprint density at radius 3 is 2.83 bits per heavy atom. The van der Waals surface area contributed by atoms with E-state index in [0.717, 1.165) is 25.4 Å². The summed E-state index contributed by atoms with van der Waals surface area (Å²) >= 11 is 0. The predicted octanol–water partition coefficient (Wildman–Crippen LogP) is 1.15. The fourth-order valence-corrected chi connectivity index (χ4v) is 2.97. The summed E-state index contributed by atoms with van der Waals surface area (Å²) in [6, 6.07) is 0. The molecule has 0 aromatic rings. The summed E-state index contributed by atoms with van der Waals surface area (Å²) in [5.41, 5.74) is -0.348. The van der Waals surface area contributed by atoms with Gasteiger partial charge in [-0.3, -0.25) is 0 Å². The minimum Gasteiger partial charge on any atom is -0.388 e. The van der Waals surface area contributed by atoms with E-state index < -0.39 is 0 Å². The largest absolute Gasteiger partial charge is 0.388 e. The van der Waals surface area contributed by atoms with Crippen LogP contribution in [0.4, 0.5) is 0 Å². The standard InChI is InChI=1S/C10H19NO/c1-2-11-7-10(12)6-8-3-4-9(10)5-8/h8-9,11-12H,2-7H2,1H3. The molecule has 0 aromatic carbocycles. The Kier molecular flexibility index (Phi) is 2.13. The van der Waals surface area contributed by atoms with Crippen LogP contribution in [0.15, 0.2) is 0 Å². The monoisotopic (exact) mass is 169 g/mol. The molecule has 2 heteroatoms. The summed E-state index contributed by atoms with van der Waals surface area (Å²) in [5.74, 6) is 1.43. The SMILES string of the molecule is CCNCC1(O)CC2CCC1C2. The Morgan fingerprint density at radius 2 is 2.33 bits per heavy atom. The van der Waals surface area contributed by atoms with Gasteiger partial charge in [-0.15, -0.1) is 0 Å². The lowest BCUT2D eigenvalue weighted by Crippen LogP contribution is -2.44. The van der Waals surface area contributed by atoms with E-state index in [2.05, 4.69) is 12.2 Å². The van der Waals surface area contributed by atoms with Crippen LogP contribution in [-0.4, -0.2) is 23.8 Å². The van der Waals surface area contributed by atoms with Gasteiger partial charge in [0.25, 0.3) is 0 Å². The Bertz CT molecular complexity index is 171. The van der Waals surface area contributed by atoms with Crippen molar-refractivity contribution in [1.29, 1.82) is 0 Å². The molecular weight excluding hydrogens is 150 g/mol. The van der Waals surface area contributed by atoms with Gasteiger partial charge >= 0.3 is 0 Å². The average molecular weight is 169 g/mol. The molecule has 3 unspecified atom stereocenters. The summed E-state index contributed by atoms with van der Waals surface area (Å²) < 4.78 is 0. The lowest BCUT2D eigenvalue weighted by atomic mass is 9.84. The maximum Gasteiger partial charge on any atom is 0.0802 e. The van der Waals surface area contributed by atoms with E-state index in [1.54, 1.807) is 0 Å². The normalized spacial score (nSPS) is 45.5. The van der Waals surface area contributed by atoms with Crippen LogP contribution in [0.25, 0.3) is 0 Å². The van der Waals surface area contributed by atoms with Gasteiger partial charge in [0.2, 0.25) is 0 Å². The third-order valence-corrected chi connectivity index (χ3v) is 3.62. The number of fused-ring (bicyclic) bond motifs is 2. The molecule has 12 heavy (non-hydrogen) atoms. The number of nitrogens with one attached hydrogen (secondary N) is 1. The molecule has 2 bridgehead atoms. The van der Waals surface area contributed by atoms with Crippen LogP contribution >= 0.6 is 0 Å². The van der Waals surface area contributed by atoms with Crippen LogP contribution in [0.3, 0.4) is 0 Å². The van der Waals surface area contributed by atoms with Gasteiger partial charge in [-0.25, -0.2) is 0 Å². The van der Waals surface area contributed by atoms with Gasteiger partial charge in [0.05, 0.1) is 5.60 Å². The Labute approximate surface area is 74.4 Å². The lowest BCUT2D eigenvalue weighted by molar-refractivity contribution is -0.0113. The maximum atomic E-state index is 10.3. The molecule has 0 aromatic heterocycles. The van der Waals surface area contributed by atoms with Crippen molar-refractivity contribution in [1.82, 2.24) is 5.32 Å². The van der Waals surface area contributed by atoms with E-state index in [4.69, 9.17) is 0 Å². The van der Waals surface area contributed by atoms with E-state index in [0.29, 0.717) is 5.92 Å². The van der Waals surface area contributed by atoms with Crippen molar-refractivity contribution < 1.29 is 5.11 Å². The molecule has 2 rings (SSSR count). The molecule has 2 aliphatic rings. The highest BCUT2D eigenvalue weighted by Crippen LogP contribution is 2.50. The molecule has 0 spiro atoms. The first-order valence-electron chi connectivity index (χ1n) is 5.17. The highest BCUT2D eigenvalue weighted by Gasteiger charge is 2.49. The van der Waals surface area contributed by atoms with Crippen LogP contribution in [0.5, 0.6) is 0 Å². The summed E-state index contributed by atoms with van der Waals surface area (Å²) in [5, 5.41) is 13.5. The second-order valence-electron chi connectivity index (χ2n) is 4.46. The molecule has 2 saturated carbocycles. The van der Waals surface area contributed by atoms with Gasteiger partial charge in [-0.05, 0) is 44.1 Å². The molecule has 0 radical (unpaired) electrons. The minimum absolute atomic E-state index is 0.348. The average Bonchev–Trinajstić information content (AvgIpc) is 2.60. The van der Waals surface area contributed by atoms with E-state index in [1.165, 1.54) is 19.3 Å². The van der Waals surface area contributed by atoms with Gasteiger partial charge in [0.1, 0.15) is 0 Å². The Balaban J connectivity index is 1.93. The zero-order chi connectivity index (χ0) is 8.60. The molecule has 2 aliphatic carbocycles. The molecule has 3 atom stereocenters. The first kappa shape index (κ1) is 8.52. The minimum atomic E-state index is -0.348. The molecular formula is C10H19NO. The number of likely N-dealkylation sites (N-methyl/N-ethyl adjacent to an activating group) is 1. The number of aliphatic hydroxyl groups is 1. The first-order valence-corrected chi connectivity index (χ1v) is 5.17. The summed E-state index contributed by atoms with van der Waals surface area (Å²) in [4.78, 5) is 0. The molecule has 0 heterocycles. The van der Waals surface area contributed by atoms with Gasteiger partial charge in [-0.1, -0.05) is 6.92 Å². The number of hydrogen-bond acceptors (Lipinski definition) is 2. The maximum absolute atomic E-state index is 10.3. The van der Waals surface area contributed by atoms with E-state index in [-0.39, 0.29) is 5.60 Å². The van der Waals surface area contributed by atoms with Gasteiger partial charge in [0, 0.05) is 6.54 Å². The van der Waals surface area contributed by atoms with Crippen molar-refractivity contribution in [3.63, 3.8) is 0 Å². The highest BCUT2D eigenvalue weighted by molar-refractivity contribution is 5.01. The van der Waals surface area contributed by atoms with Crippen LogP contribution in [0.2, 0.25) is 0 Å². The van der Waals surface area contributed by atoms with Crippen molar-refractivity contribution in [2.45, 2.75) is 38.2 Å². The molecule has 2 nitrogen and oxygen atoms in total. The van der Waals surface area contributed by atoms with Crippen molar-refractivity contribution in [2.75, 3.05) is 13.1 Å². The molecule has 0 aliphatic heterocycles. The second-order valence-corrected chi connectivity index (χ2v) is 4.46. The molecule has 70 valence electrons. The zero-order valence-electron chi connectivity index (χ0n) is 7.84. The highest BCUT2D eigenvalue weighted by atomic mass is 16.3. The predicted molar refractivity (Wildman–Crippen MR) is 48.9 cm³/mol. The van der Waals surface area contributed by atoms with Crippen LogP contribution in [0.1, 0.15) is 32.6 Å². The number of rotatable bonds is 3. The summed E-state index contributed by atoms with van der Waals surface area (Å²) in [6.45, 7) is 3.88. The van der Waals surface area contributed by atoms with Crippen molar-refractivity contribution >= 4 is 0 Å². The molecule has 2 fully saturated rings. The molecule has 0 amide bonds. The Morgan fingerprint density at radius 1 is 1.50 bits per heavy atom. The fourth-order valence-electron chi connectivity index (χ4n) is 2.97. The fraction of sp³-hybridized carbons (Fsp3) is 1.00. The van der Waals surface area contributed by atoms with Gasteiger partial charge < -0.3 is 10.4 Å². The zero-order valence-corrected chi connectivity index (χ0v) is 7.84. The third kappa shape index (κ3) is 1.27. The van der Waals surface area contributed by atoms with Crippen LogP contribution < -0.4 is 5.32 Å². The van der Waals surface area contributed by atoms with Crippen molar-refractivity contribution in [3.8, 4) is 0 Å². The quantitative estimate of drug-likeness (QED) is 0.664. The van der Waals surface area contributed by atoms with Crippen LogP contribution in [-0.2, 0) is 0 Å². The molecule has 2 N–H and O–H groups in total. The topological polar surface area (TPSA) is 32.3 Å². The smallest absolute Gasteiger partial charge is 0.0802 e. The summed E-state index contributed by atoms with van der Waals surface area (Å²) in [7, 11) is 0. The lowest BCUT2D eigenvalue weighted by Gasteiger charge is -2.32. The first-order chi connectivity index (χ1) is 5.74. The van der Waals surface area contributed by atoms with Crippen molar-refractivity contribution in [3.05, 3.63) is 0 Å². The third-order valence-electron chi connectivity index (χ3n) is 3.62. The van der Waals surface area contributed by atoms with E-state index in [9.17, 15) is 5.11 Å². The van der Waals surface area contributed by atoms with Gasteiger partial charge in [-0.2, -0.15) is 0 Å². The van der Waals surface area contributed by atoms with Crippen molar-refractivity contribution in [2.24, 2.45) is 11.8 Å². The van der Waals surface area contributed by atoms with Gasteiger partial charge in [0.15, 0.2) is 0 Å². The number of hydrogen-bond donors (Lipinski definition) is 2. The van der Waals surface area contributed by atoms with E-state index in [1.807, 2.05) is 0 Å². The molecule has 0 saturated heterocycles. The van der Waals surface area contributed by atoms with E-state index >= 15 is 0 Å². The second kappa shape index (κ2) is 3.00. The van der Waals surface area contributed by atoms with Crippen LogP contribution in [0, 0.1) is 11.8 Å². The summed E-state index contributed by atoms with van der Waals surface area (Å²) in [6.07, 6.45) is 4.94.